The van der Waals surface area contributed by atoms with Crippen LogP contribution in [0.3, 0.4) is 0 Å². The van der Waals surface area contributed by atoms with E-state index in [0.29, 0.717) is 69.5 Å². The number of nitrogens with two attached hydrogens (primary N) is 1. The van der Waals surface area contributed by atoms with E-state index in [-0.39, 0.29) is 24.2 Å². The standard InChI is InChI=1S/C31H54N2O7/c1-6-7-14-33-31(37)23(4)18-27(34)26(32)21-25(22(2)3)19-24-12-13-28(39-16-9-8-11-30(35)36)29(20-24)40-17-10-15-38-5/h12-13,20,22-23,25-27,34H,6-11,14-19,21,32H2,1-5H3,(H,33,37)(H,35,36)/t23-,25+,26+,27+/m1/s1. The van der Waals surface area contributed by atoms with E-state index in [0.717, 1.165) is 31.2 Å². The maximum absolute atomic E-state index is 12.3. The highest BCUT2D eigenvalue weighted by Crippen LogP contribution is 2.32. The molecule has 0 unspecified atom stereocenters. The number of unbranched alkanes of at least 4 members (excludes halogenated alkanes) is 2. The number of rotatable bonds is 23. The van der Waals surface area contributed by atoms with Crippen molar-refractivity contribution in [3.05, 3.63) is 23.8 Å². The minimum Gasteiger partial charge on any atom is -0.490 e. The number of carboxylic acid groups (broad SMARTS) is 1. The summed E-state index contributed by atoms with van der Waals surface area (Å²) in [5.41, 5.74) is 7.54. The van der Waals surface area contributed by atoms with E-state index >= 15 is 0 Å². The van der Waals surface area contributed by atoms with Crippen LogP contribution in [-0.4, -0.2) is 67.7 Å². The lowest BCUT2D eigenvalue weighted by atomic mass is 9.82. The minimum absolute atomic E-state index is 0.0395. The molecule has 40 heavy (non-hydrogen) atoms. The number of methoxy groups -OCH3 is 1. The Morgan fingerprint density at radius 3 is 2.33 bits per heavy atom. The summed E-state index contributed by atoms with van der Waals surface area (Å²) in [4.78, 5) is 23.1. The monoisotopic (exact) mass is 566 g/mol. The summed E-state index contributed by atoms with van der Waals surface area (Å²) in [7, 11) is 1.66. The Morgan fingerprint density at radius 1 is 0.975 bits per heavy atom. The van der Waals surface area contributed by atoms with E-state index in [2.05, 4.69) is 26.1 Å². The summed E-state index contributed by atoms with van der Waals surface area (Å²) in [6, 6.07) is 5.49. The van der Waals surface area contributed by atoms with Crippen molar-refractivity contribution >= 4 is 11.9 Å². The molecule has 0 heterocycles. The molecule has 9 heteroatoms. The second-order valence-electron chi connectivity index (χ2n) is 11.1. The molecule has 0 bridgehead atoms. The quantitative estimate of drug-likeness (QED) is 0.141. The molecule has 9 nitrogen and oxygen atoms in total. The van der Waals surface area contributed by atoms with Crippen LogP contribution in [0.5, 0.6) is 11.5 Å². The number of aliphatic hydroxyl groups excluding tert-OH is 1. The maximum Gasteiger partial charge on any atom is 0.303 e. The molecule has 230 valence electrons. The molecule has 4 atom stereocenters. The van der Waals surface area contributed by atoms with Gasteiger partial charge in [-0.05, 0) is 68.1 Å². The van der Waals surface area contributed by atoms with Gasteiger partial charge in [-0.2, -0.15) is 0 Å². The van der Waals surface area contributed by atoms with Crippen molar-refractivity contribution < 1.29 is 34.0 Å². The summed E-state index contributed by atoms with van der Waals surface area (Å²) in [6.07, 6.45) is 5.00. The average molecular weight is 567 g/mol. The largest absolute Gasteiger partial charge is 0.490 e. The summed E-state index contributed by atoms with van der Waals surface area (Å²) in [6.45, 7) is 10.4. The second-order valence-corrected chi connectivity index (χ2v) is 11.1. The van der Waals surface area contributed by atoms with Gasteiger partial charge in [0.1, 0.15) is 0 Å². The first-order valence-corrected chi connectivity index (χ1v) is 14.9. The Labute approximate surface area is 241 Å². The number of hydrogen-bond donors (Lipinski definition) is 4. The van der Waals surface area contributed by atoms with Gasteiger partial charge in [0, 0.05) is 45.1 Å². The lowest BCUT2D eigenvalue weighted by molar-refractivity contribution is -0.137. The highest BCUT2D eigenvalue weighted by molar-refractivity contribution is 5.78. The molecule has 1 amide bonds. The molecule has 0 fully saturated rings. The van der Waals surface area contributed by atoms with Gasteiger partial charge in [-0.15, -0.1) is 0 Å². The van der Waals surface area contributed by atoms with E-state index in [1.165, 1.54) is 0 Å². The molecule has 1 rings (SSSR count). The molecule has 1 aromatic rings. The van der Waals surface area contributed by atoms with Crippen LogP contribution in [0.15, 0.2) is 18.2 Å². The molecule has 0 aliphatic heterocycles. The first-order chi connectivity index (χ1) is 19.1. The Kier molecular flexibility index (Phi) is 18.3. The summed E-state index contributed by atoms with van der Waals surface area (Å²) < 4.78 is 17.1. The van der Waals surface area contributed by atoms with Crippen molar-refractivity contribution in [2.75, 3.05) is 33.5 Å². The highest BCUT2D eigenvalue weighted by Gasteiger charge is 2.26. The van der Waals surface area contributed by atoms with Crippen molar-refractivity contribution in [3.63, 3.8) is 0 Å². The van der Waals surface area contributed by atoms with Crippen molar-refractivity contribution in [1.29, 1.82) is 0 Å². The van der Waals surface area contributed by atoms with Gasteiger partial charge in [0.15, 0.2) is 11.5 Å². The van der Waals surface area contributed by atoms with Gasteiger partial charge in [0.25, 0.3) is 0 Å². The molecular formula is C31H54N2O7. The summed E-state index contributed by atoms with van der Waals surface area (Å²) >= 11 is 0. The Hall–Kier alpha value is -2.36. The first kappa shape index (κ1) is 35.7. The number of carbonyl (C=O) groups is 2. The molecule has 0 aliphatic carbocycles. The van der Waals surface area contributed by atoms with Crippen LogP contribution in [0.1, 0.15) is 84.6 Å². The lowest BCUT2D eigenvalue weighted by Gasteiger charge is -2.28. The van der Waals surface area contributed by atoms with E-state index in [1.54, 1.807) is 7.11 Å². The van der Waals surface area contributed by atoms with Gasteiger partial charge in [0.05, 0.1) is 19.3 Å². The molecule has 0 spiro atoms. The highest BCUT2D eigenvalue weighted by atomic mass is 16.5. The number of amides is 1. The number of carboxylic acids is 1. The number of hydrogen-bond acceptors (Lipinski definition) is 7. The zero-order valence-electron chi connectivity index (χ0n) is 25.3. The van der Waals surface area contributed by atoms with Crippen molar-refractivity contribution in [2.24, 2.45) is 23.5 Å². The molecule has 0 aromatic heterocycles. The Morgan fingerprint density at radius 2 is 1.68 bits per heavy atom. The van der Waals surface area contributed by atoms with Crippen molar-refractivity contribution in [1.82, 2.24) is 5.32 Å². The Balaban J connectivity index is 2.82. The Bertz CT molecular complexity index is 849. The normalized spacial score (nSPS) is 14.4. The van der Waals surface area contributed by atoms with Crippen molar-refractivity contribution in [2.45, 2.75) is 97.6 Å². The van der Waals surface area contributed by atoms with Crippen LogP contribution in [0, 0.1) is 17.8 Å². The van der Waals surface area contributed by atoms with Crippen molar-refractivity contribution in [3.8, 4) is 11.5 Å². The maximum atomic E-state index is 12.3. The van der Waals surface area contributed by atoms with Gasteiger partial charge in [-0.3, -0.25) is 9.59 Å². The third-order valence-electron chi connectivity index (χ3n) is 7.18. The molecule has 0 saturated heterocycles. The third-order valence-corrected chi connectivity index (χ3v) is 7.18. The zero-order chi connectivity index (χ0) is 29.9. The van der Waals surface area contributed by atoms with Gasteiger partial charge >= 0.3 is 5.97 Å². The molecule has 0 aliphatic rings. The topological polar surface area (TPSA) is 140 Å². The average Bonchev–Trinajstić information content (AvgIpc) is 2.91. The number of ether oxygens (including phenoxy) is 3. The van der Waals surface area contributed by atoms with Crippen LogP contribution in [0.2, 0.25) is 0 Å². The van der Waals surface area contributed by atoms with Gasteiger partial charge < -0.3 is 35.5 Å². The second kappa shape index (κ2) is 20.5. The fourth-order valence-corrected chi connectivity index (χ4v) is 4.46. The summed E-state index contributed by atoms with van der Waals surface area (Å²) in [5.74, 6) is 0.706. The predicted octanol–water partition coefficient (Wildman–Crippen LogP) is 4.57. The number of carbonyl (C=O) groups excluding carboxylic acids is 1. The fourth-order valence-electron chi connectivity index (χ4n) is 4.46. The number of benzene rings is 1. The van der Waals surface area contributed by atoms with Crippen LogP contribution in [0.25, 0.3) is 0 Å². The number of nitrogens with one attached hydrogen (secondary N) is 1. The van der Waals surface area contributed by atoms with E-state index in [4.69, 9.17) is 25.1 Å². The zero-order valence-corrected chi connectivity index (χ0v) is 25.3. The van der Waals surface area contributed by atoms with Crippen LogP contribution < -0.4 is 20.5 Å². The summed E-state index contributed by atoms with van der Waals surface area (Å²) in [5, 5.41) is 22.6. The van der Waals surface area contributed by atoms with Crippen LogP contribution in [0.4, 0.5) is 0 Å². The molecule has 0 radical (unpaired) electrons. The van der Waals surface area contributed by atoms with Crippen LogP contribution >= 0.6 is 0 Å². The van der Waals surface area contributed by atoms with Crippen LogP contribution in [-0.2, 0) is 20.7 Å². The minimum atomic E-state index is -0.805. The van der Waals surface area contributed by atoms with Gasteiger partial charge in [-0.1, -0.05) is 40.2 Å². The predicted molar refractivity (Wildman–Crippen MR) is 158 cm³/mol. The number of aliphatic carboxylic acids is 1. The first-order valence-electron chi connectivity index (χ1n) is 14.9. The molecule has 1 aromatic carbocycles. The van der Waals surface area contributed by atoms with Gasteiger partial charge in [0.2, 0.25) is 5.91 Å². The fraction of sp³-hybridized carbons (Fsp3) is 0.742. The smallest absolute Gasteiger partial charge is 0.303 e. The lowest BCUT2D eigenvalue weighted by Crippen LogP contribution is -2.41. The van der Waals surface area contributed by atoms with Gasteiger partial charge in [-0.25, -0.2) is 0 Å². The molecule has 5 N–H and O–H groups in total. The van der Waals surface area contributed by atoms with E-state index in [9.17, 15) is 14.7 Å². The third kappa shape index (κ3) is 14.9. The SMILES string of the molecule is CCCCNC(=O)[C@H](C)C[C@H](O)[C@@H](N)C[C@H](Cc1ccc(OCCCCC(=O)O)c(OCCCOC)c1)C(C)C. The molecular weight excluding hydrogens is 512 g/mol. The van der Waals surface area contributed by atoms with E-state index < -0.39 is 18.1 Å². The molecule has 0 saturated carbocycles. The number of aliphatic hydroxyl groups is 1. The van der Waals surface area contributed by atoms with E-state index in [1.807, 2.05) is 25.1 Å².